The first kappa shape index (κ1) is 12.1. The van der Waals surface area contributed by atoms with E-state index in [0.717, 1.165) is 25.2 Å². The fraction of sp³-hybridized carbons (Fsp3) is 0.235. The van der Waals surface area contributed by atoms with Crippen LogP contribution in [0.3, 0.4) is 0 Å². The van der Waals surface area contributed by atoms with Gasteiger partial charge in [-0.3, -0.25) is 9.88 Å². The van der Waals surface area contributed by atoms with Gasteiger partial charge in [0, 0.05) is 36.1 Å². The van der Waals surface area contributed by atoms with Crippen LogP contribution < -0.4 is 0 Å². The van der Waals surface area contributed by atoms with Gasteiger partial charge in [-0.1, -0.05) is 24.3 Å². The highest BCUT2D eigenvalue weighted by Crippen LogP contribution is 2.26. The van der Waals surface area contributed by atoms with Gasteiger partial charge in [0.25, 0.3) is 0 Å². The fourth-order valence-electron chi connectivity index (χ4n) is 2.98. The fourth-order valence-corrected chi connectivity index (χ4v) is 3.87. The van der Waals surface area contributed by atoms with Crippen LogP contribution >= 0.6 is 11.3 Å². The van der Waals surface area contributed by atoms with Crippen molar-refractivity contribution in [3.05, 3.63) is 64.0 Å². The summed E-state index contributed by atoms with van der Waals surface area (Å²) in [6.45, 7) is 3.21. The second-order valence-electron chi connectivity index (χ2n) is 5.32. The molecule has 0 aliphatic carbocycles. The largest absolute Gasteiger partial charge is 0.294 e. The molecule has 0 fully saturated rings. The molecule has 0 saturated carbocycles. The molecule has 0 spiro atoms. The summed E-state index contributed by atoms with van der Waals surface area (Å²) in [6, 6.07) is 12.9. The molecule has 20 heavy (non-hydrogen) atoms. The number of nitrogens with zero attached hydrogens (tertiary/aromatic N) is 2. The van der Waals surface area contributed by atoms with Crippen LogP contribution in [0.15, 0.2) is 48.0 Å². The van der Waals surface area contributed by atoms with Crippen molar-refractivity contribution in [1.82, 2.24) is 9.88 Å². The van der Waals surface area contributed by atoms with Crippen molar-refractivity contribution in [2.24, 2.45) is 0 Å². The van der Waals surface area contributed by atoms with Crippen molar-refractivity contribution in [3.8, 4) is 0 Å². The van der Waals surface area contributed by atoms with E-state index in [4.69, 9.17) is 0 Å². The lowest BCUT2D eigenvalue weighted by Gasteiger charge is -2.27. The average Bonchev–Trinajstić information content (AvgIpc) is 2.95. The van der Waals surface area contributed by atoms with Crippen molar-refractivity contribution in [3.63, 3.8) is 0 Å². The molecular formula is C17H16N2S. The summed E-state index contributed by atoms with van der Waals surface area (Å²) in [6.07, 6.45) is 3.07. The predicted octanol–water partition coefficient (Wildman–Crippen LogP) is 3.85. The molecular weight excluding hydrogens is 264 g/mol. The zero-order valence-electron chi connectivity index (χ0n) is 11.2. The molecule has 3 aromatic rings. The smallest absolute Gasteiger partial charge is 0.0746 e. The Bertz CT molecular complexity index is 742. The number of pyridine rings is 1. The molecule has 0 atom stereocenters. The number of hydrogen-bond acceptors (Lipinski definition) is 3. The third-order valence-electron chi connectivity index (χ3n) is 4.00. The highest BCUT2D eigenvalue weighted by Gasteiger charge is 2.17. The number of thiophene rings is 1. The first-order valence-electron chi connectivity index (χ1n) is 7.00. The molecule has 1 aliphatic heterocycles. The Balaban J connectivity index is 1.63. The summed E-state index contributed by atoms with van der Waals surface area (Å²) in [5.41, 5.74) is 3.99. The topological polar surface area (TPSA) is 16.1 Å². The Morgan fingerprint density at radius 1 is 1.15 bits per heavy atom. The van der Waals surface area contributed by atoms with E-state index in [9.17, 15) is 0 Å². The highest BCUT2D eigenvalue weighted by atomic mass is 32.1. The van der Waals surface area contributed by atoms with E-state index in [-0.39, 0.29) is 0 Å². The first-order valence-corrected chi connectivity index (χ1v) is 7.88. The van der Waals surface area contributed by atoms with Gasteiger partial charge in [-0.2, -0.15) is 0 Å². The standard InChI is InChI=1S/C17H16N2S/c1-3-13-5-2-8-18-17(13)15(4-1)12-19-9-6-16-14(11-19)7-10-20-16/h1-5,7-8,10H,6,9,11-12H2. The predicted molar refractivity (Wildman–Crippen MR) is 83.9 cm³/mol. The van der Waals surface area contributed by atoms with Crippen molar-refractivity contribution >= 4 is 22.2 Å². The first-order chi connectivity index (χ1) is 9.90. The van der Waals surface area contributed by atoms with Crippen molar-refractivity contribution in [2.45, 2.75) is 19.5 Å². The Kier molecular flexibility index (Phi) is 3.02. The zero-order valence-corrected chi connectivity index (χ0v) is 12.1. The molecule has 0 unspecified atom stereocenters. The van der Waals surface area contributed by atoms with E-state index in [0.29, 0.717) is 0 Å². The molecule has 0 amide bonds. The normalized spacial score (nSPS) is 15.4. The summed E-state index contributed by atoms with van der Waals surface area (Å²) >= 11 is 1.90. The quantitative estimate of drug-likeness (QED) is 0.708. The van der Waals surface area contributed by atoms with Crippen LogP contribution in [0.5, 0.6) is 0 Å². The van der Waals surface area contributed by atoms with E-state index in [1.54, 1.807) is 4.88 Å². The second-order valence-corrected chi connectivity index (χ2v) is 6.32. The van der Waals surface area contributed by atoms with Crippen molar-refractivity contribution < 1.29 is 0 Å². The van der Waals surface area contributed by atoms with Crippen LogP contribution in [-0.2, 0) is 19.5 Å². The summed E-state index contributed by atoms with van der Waals surface area (Å²) in [5.74, 6) is 0. The van der Waals surface area contributed by atoms with Crippen LogP contribution in [0.25, 0.3) is 10.9 Å². The molecule has 1 aromatic carbocycles. The summed E-state index contributed by atoms with van der Waals surface area (Å²) in [7, 11) is 0. The Labute approximate surface area is 122 Å². The lowest BCUT2D eigenvalue weighted by Crippen LogP contribution is -2.29. The Hall–Kier alpha value is -1.71. The monoisotopic (exact) mass is 280 g/mol. The molecule has 100 valence electrons. The number of fused-ring (bicyclic) bond motifs is 2. The van der Waals surface area contributed by atoms with Crippen LogP contribution in [0.1, 0.15) is 16.0 Å². The maximum absolute atomic E-state index is 4.56. The Morgan fingerprint density at radius 3 is 3.10 bits per heavy atom. The Morgan fingerprint density at radius 2 is 2.10 bits per heavy atom. The van der Waals surface area contributed by atoms with Crippen molar-refractivity contribution in [2.75, 3.05) is 6.54 Å². The molecule has 3 heterocycles. The molecule has 3 heteroatoms. The van der Waals surface area contributed by atoms with Crippen LogP contribution in [0, 0.1) is 0 Å². The molecule has 0 saturated heterocycles. The molecule has 1 aliphatic rings. The van der Waals surface area contributed by atoms with E-state index >= 15 is 0 Å². The van der Waals surface area contributed by atoms with E-state index < -0.39 is 0 Å². The molecule has 0 N–H and O–H groups in total. The second kappa shape index (κ2) is 5.00. The van der Waals surface area contributed by atoms with Gasteiger partial charge < -0.3 is 0 Å². The minimum atomic E-state index is 0.990. The lowest BCUT2D eigenvalue weighted by atomic mass is 10.1. The highest BCUT2D eigenvalue weighted by molar-refractivity contribution is 7.10. The summed E-state index contributed by atoms with van der Waals surface area (Å²) in [4.78, 5) is 8.65. The third kappa shape index (κ3) is 2.13. The van der Waals surface area contributed by atoms with E-state index in [1.165, 1.54) is 22.9 Å². The van der Waals surface area contributed by atoms with Gasteiger partial charge in [-0.05, 0) is 35.1 Å². The van der Waals surface area contributed by atoms with Gasteiger partial charge in [0.15, 0.2) is 0 Å². The van der Waals surface area contributed by atoms with Crippen molar-refractivity contribution in [1.29, 1.82) is 0 Å². The maximum Gasteiger partial charge on any atom is 0.0746 e. The zero-order chi connectivity index (χ0) is 13.4. The third-order valence-corrected chi connectivity index (χ3v) is 5.02. The number of hydrogen-bond donors (Lipinski definition) is 0. The summed E-state index contributed by atoms with van der Waals surface area (Å²) in [5, 5.41) is 3.45. The lowest BCUT2D eigenvalue weighted by molar-refractivity contribution is 0.248. The molecule has 4 rings (SSSR count). The molecule has 2 nitrogen and oxygen atoms in total. The number of benzene rings is 1. The number of aromatic nitrogens is 1. The minimum Gasteiger partial charge on any atom is -0.294 e. The number of para-hydroxylation sites is 1. The van der Waals surface area contributed by atoms with Gasteiger partial charge in [0.05, 0.1) is 5.52 Å². The minimum absolute atomic E-state index is 0.990. The van der Waals surface area contributed by atoms with Crippen LogP contribution in [0.4, 0.5) is 0 Å². The molecule has 2 aromatic heterocycles. The van der Waals surface area contributed by atoms with E-state index in [2.05, 4.69) is 45.6 Å². The van der Waals surface area contributed by atoms with Gasteiger partial charge in [0.1, 0.15) is 0 Å². The van der Waals surface area contributed by atoms with Gasteiger partial charge in [-0.25, -0.2) is 0 Å². The number of rotatable bonds is 2. The molecule has 0 radical (unpaired) electrons. The average molecular weight is 280 g/mol. The maximum atomic E-state index is 4.56. The van der Waals surface area contributed by atoms with Gasteiger partial charge in [-0.15, -0.1) is 11.3 Å². The van der Waals surface area contributed by atoms with Gasteiger partial charge in [0.2, 0.25) is 0 Å². The van der Waals surface area contributed by atoms with E-state index in [1.807, 2.05) is 23.6 Å². The van der Waals surface area contributed by atoms with Crippen LogP contribution in [0.2, 0.25) is 0 Å². The SMILES string of the molecule is c1cnc2c(CN3CCc4sccc4C3)cccc2c1. The molecule has 0 bridgehead atoms. The van der Waals surface area contributed by atoms with Gasteiger partial charge >= 0.3 is 0 Å². The summed E-state index contributed by atoms with van der Waals surface area (Å²) < 4.78 is 0. The van der Waals surface area contributed by atoms with Crippen LogP contribution in [-0.4, -0.2) is 16.4 Å².